The molecular formula is C24H18F3N7OS. The lowest BCUT2D eigenvalue weighted by molar-refractivity contribution is -0.141. The monoisotopic (exact) mass is 509 g/mol. The van der Waals surface area contributed by atoms with Gasteiger partial charge in [-0.1, -0.05) is 24.3 Å². The van der Waals surface area contributed by atoms with Gasteiger partial charge in [0.15, 0.2) is 0 Å². The molecule has 2 aromatic carbocycles. The van der Waals surface area contributed by atoms with E-state index in [-0.39, 0.29) is 21.9 Å². The lowest BCUT2D eigenvalue weighted by Crippen LogP contribution is -2.18. The summed E-state index contributed by atoms with van der Waals surface area (Å²) in [6.45, 7) is 0. The summed E-state index contributed by atoms with van der Waals surface area (Å²) in [6.07, 6.45) is -0.935. The van der Waals surface area contributed by atoms with Crippen molar-refractivity contribution in [3.05, 3.63) is 71.0 Å². The van der Waals surface area contributed by atoms with Crippen LogP contribution in [0.3, 0.4) is 0 Å². The van der Waals surface area contributed by atoms with Gasteiger partial charge in [0.05, 0.1) is 17.4 Å². The van der Waals surface area contributed by atoms with Crippen molar-refractivity contribution in [1.29, 1.82) is 0 Å². The molecule has 0 radical (unpaired) electrons. The molecule has 5 N–H and O–H groups in total. The second-order valence-electron chi connectivity index (χ2n) is 8.75. The molecule has 1 fully saturated rings. The van der Waals surface area contributed by atoms with Crippen molar-refractivity contribution in [2.24, 2.45) is 5.73 Å². The van der Waals surface area contributed by atoms with Crippen molar-refractivity contribution in [1.82, 2.24) is 25.4 Å². The molecule has 182 valence electrons. The first-order valence-electron chi connectivity index (χ1n) is 11.0. The summed E-state index contributed by atoms with van der Waals surface area (Å²) in [5, 5.41) is 18.0. The van der Waals surface area contributed by atoms with Gasteiger partial charge in [0.1, 0.15) is 22.1 Å². The standard InChI is InChI=1S/C24H18F3N7OS/c25-24(26,27)20-9-18(33-34-20)22-31-19(11-36-22)21(35)30-17-8-16-13(10-29-32-16)7-15(17)12-1-3-14(4-2-12)23(28)5-6-23/h1-4,7-11H,5-6,28H2,(H,29,32)(H,30,35)(H,33,34). The van der Waals surface area contributed by atoms with Gasteiger partial charge in [-0.3, -0.25) is 15.0 Å². The number of halogens is 3. The molecule has 1 amide bonds. The molecule has 3 heterocycles. The number of aromatic amines is 2. The SMILES string of the molecule is NC1(c2ccc(-c3cc4cn[nH]c4cc3NC(=O)c3csc(-c4cc(C(F)(F)F)[nH]n4)n3)cc2)CC1. The van der Waals surface area contributed by atoms with Gasteiger partial charge in [-0.25, -0.2) is 4.98 Å². The Balaban J connectivity index is 1.30. The van der Waals surface area contributed by atoms with Crippen LogP contribution in [-0.2, 0) is 11.7 Å². The number of H-pyrrole nitrogens is 2. The molecule has 0 saturated heterocycles. The Bertz CT molecular complexity index is 1600. The number of thiazole rings is 1. The van der Waals surface area contributed by atoms with Crippen molar-refractivity contribution in [3.8, 4) is 21.8 Å². The number of anilines is 1. The number of amides is 1. The van der Waals surface area contributed by atoms with Gasteiger partial charge in [0.25, 0.3) is 5.91 Å². The molecule has 0 atom stereocenters. The summed E-state index contributed by atoms with van der Waals surface area (Å²) in [4.78, 5) is 17.3. The van der Waals surface area contributed by atoms with E-state index in [1.165, 1.54) is 5.38 Å². The lowest BCUT2D eigenvalue weighted by atomic mass is 9.98. The van der Waals surface area contributed by atoms with E-state index in [2.05, 4.69) is 25.6 Å². The number of benzene rings is 2. The number of nitrogens with zero attached hydrogens (tertiary/aromatic N) is 3. The van der Waals surface area contributed by atoms with Crippen LogP contribution in [0.2, 0.25) is 0 Å². The molecule has 8 nitrogen and oxygen atoms in total. The summed E-state index contributed by atoms with van der Waals surface area (Å²) < 4.78 is 38.6. The van der Waals surface area contributed by atoms with Gasteiger partial charge in [-0.05, 0) is 42.2 Å². The average Bonchev–Trinajstić information content (AvgIpc) is 3.31. The molecule has 36 heavy (non-hydrogen) atoms. The molecule has 1 aliphatic rings. The van der Waals surface area contributed by atoms with Gasteiger partial charge in [0, 0.05) is 21.9 Å². The van der Waals surface area contributed by atoms with Crippen LogP contribution < -0.4 is 11.1 Å². The minimum Gasteiger partial charge on any atom is -0.321 e. The quantitative estimate of drug-likeness (QED) is 0.256. The smallest absolute Gasteiger partial charge is 0.321 e. The van der Waals surface area contributed by atoms with Gasteiger partial charge in [-0.15, -0.1) is 11.3 Å². The third-order valence-electron chi connectivity index (χ3n) is 6.23. The van der Waals surface area contributed by atoms with E-state index in [1.807, 2.05) is 35.4 Å². The zero-order valence-electron chi connectivity index (χ0n) is 18.5. The van der Waals surface area contributed by atoms with Crippen LogP contribution in [0.4, 0.5) is 18.9 Å². The second kappa shape index (κ2) is 8.00. The highest BCUT2D eigenvalue weighted by atomic mass is 32.1. The molecule has 0 unspecified atom stereocenters. The number of hydrogen-bond acceptors (Lipinski definition) is 6. The number of alkyl halides is 3. The van der Waals surface area contributed by atoms with Crippen LogP contribution in [0.15, 0.2) is 54.0 Å². The molecule has 6 rings (SSSR count). The number of nitrogens with two attached hydrogens (primary N) is 1. The van der Waals surface area contributed by atoms with Crippen molar-refractivity contribution in [2.45, 2.75) is 24.6 Å². The first kappa shape index (κ1) is 22.4. The Hall–Kier alpha value is -4.03. The number of rotatable bonds is 5. The van der Waals surface area contributed by atoms with Gasteiger partial charge in [-0.2, -0.15) is 23.4 Å². The molecule has 0 spiro atoms. The van der Waals surface area contributed by atoms with Crippen LogP contribution in [0.25, 0.3) is 32.7 Å². The summed E-state index contributed by atoms with van der Waals surface area (Å²) >= 11 is 1.03. The topological polar surface area (TPSA) is 125 Å². The lowest BCUT2D eigenvalue weighted by Gasteiger charge is -2.14. The normalized spacial score (nSPS) is 14.8. The number of fused-ring (bicyclic) bond motifs is 1. The molecule has 5 aromatic rings. The Labute approximate surface area is 205 Å². The summed E-state index contributed by atoms with van der Waals surface area (Å²) in [6, 6.07) is 12.5. The maximum atomic E-state index is 13.1. The molecule has 1 aliphatic carbocycles. The van der Waals surface area contributed by atoms with E-state index in [1.54, 1.807) is 12.3 Å². The van der Waals surface area contributed by atoms with E-state index in [0.717, 1.165) is 57.8 Å². The number of nitrogens with one attached hydrogen (secondary N) is 3. The van der Waals surface area contributed by atoms with Gasteiger partial charge >= 0.3 is 6.18 Å². The number of carbonyl (C=O) groups is 1. The van der Waals surface area contributed by atoms with E-state index in [4.69, 9.17) is 5.73 Å². The van der Waals surface area contributed by atoms with Crippen molar-refractivity contribution < 1.29 is 18.0 Å². The molecule has 3 aromatic heterocycles. The van der Waals surface area contributed by atoms with Crippen molar-refractivity contribution in [2.75, 3.05) is 5.32 Å². The third-order valence-corrected chi connectivity index (χ3v) is 7.09. The summed E-state index contributed by atoms with van der Waals surface area (Å²) in [7, 11) is 0. The molecule has 0 aliphatic heterocycles. The highest BCUT2D eigenvalue weighted by molar-refractivity contribution is 7.13. The van der Waals surface area contributed by atoms with E-state index in [0.29, 0.717) is 5.69 Å². The highest BCUT2D eigenvalue weighted by Crippen LogP contribution is 2.43. The Morgan fingerprint density at radius 1 is 1.11 bits per heavy atom. The number of aromatic nitrogens is 5. The van der Waals surface area contributed by atoms with Crippen LogP contribution in [0.5, 0.6) is 0 Å². The van der Waals surface area contributed by atoms with E-state index in [9.17, 15) is 18.0 Å². The Kier molecular flexibility index (Phi) is 4.99. The van der Waals surface area contributed by atoms with Crippen LogP contribution in [-0.4, -0.2) is 31.3 Å². The first-order chi connectivity index (χ1) is 17.2. The minimum atomic E-state index is -4.55. The van der Waals surface area contributed by atoms with Gasteiger partial charge < -0.3 is 11.1 Å². The zero-order valence-corrected chi connectivity index (χ0v) is 19.3. The minimum absolute atomic E-state index is 0.0133. The highest BCUT2D eigenvalue weighted by Gasteiger charge is 2.39. The predicted molar refractivity (Wildman–Crippen MR) is 129 cm³/mol. The maximum absolute atomic E-state index is 13.1. The fraction of sp³-hybridized carbons (Fsp3) is 0.167. The average molecular weight is 510 g/mol. The third kappa shape index (κ3) is 4.03. The Morgan fingerprint density at radius 3 is 2.58 bits per heavy atom. The van der Waals surface area contributed by atoms with Crippen molar-refractivity contribution in [3.63, 3.8) is 0 Å². The molecule has 12 heteroatoms. The second-order valence-corrected chi connectivity index (χ2v) is 9.60. The molecular weight excluding hydrogens is 491 g/mol. The van der Waals surface area contributed by atoms with E-state index < -0.39 is 17.8 Å². The number of hydrogen-bond donors (Lipinski definition) is 4. The summed E-state index contributed by atoms with van der Waals surface area (Å²) in [5.74, 6) is -0.500. The fourth-order valence-electron chi connectivity index (χ4n) is 4.00. The largest absolute Gasteiger partial charge is 0.432 e. The van der Waals surface area contributed by atoms with Crippen LogP contribution in [0, 0.1) is 0 Å². The van der Waals surface area contributed by atoms with Gasteiger partial charge in [0.2, 0.25) is 0 Å². The Morgan fingerprint density at radius 2 is 1.89 bits per heavy atom. The van der Waals surface area contributed by atoms with E-state index >= 15 is 0 Å². The van der Waals surface area contributed by atoms with Crippen molar-refractivity contribution >= 4 is 33.8 Å². The van der Waals surface area contributed by atoms with Crippen LogP contribution in [0.1, 0.15) is 34.6 Å². The first-order valence-corrected chi connectivity index (χ1v) is 11.8. The van der Waals surface area contributed by atoms with Crippen LogP contribution >= 0.6 is 11.3 Å². The predicted octanol–water partition coefficient (Wildman–Crippen LogP) is 5.30. The molecule has 0 bridgehead atoms. The zero-order chi connectivity index (χ0) is 25.1. The maximum Gasteiger partial charge on any atom is 0.432 e. The molecule has 1 saturated carbocycles. The number of carbonyl (C=O) groups excluding carboxylic acids is 1. The fourth-order valence-corrected chi connectivity index (χ4v) is 4.76. The summed E-state index contributed by atoms with van der Waals surface area (Å²) in [5.41, 5.74) is 9.16.